The van der Waals surface area contributed by atoms with Gasteiger partial charge in [0.1, 0.15) is 5.75 Å². The van der Waals surface area contributed by atoms with Crippen LogP contribution in [-0.4, -0.2) is 21.8 Å². The van der Waals surface area contributed by atoms with Crippen molar-refractivity contribution in [3.8, 4) is 16.2 Å². The number of ether oxygens (including phenoxy) is 1. The maximum atomic E-state index is 13.0. The highest BCUT2D eigenvalue weighted by molar-refractivity contribution is 7.15. The first-order chi connectivity index (χ1) is 17.3. The predicted molar refractivity (Wildman–Crippen MR) is 137 cm³/mol. The minimum absolute atomic E-state index is 0.253. The first kappa shape index (κ1) is 26.7. The van der Waals surface area contributed by atoms with Crippen LogP contribution in [0.3, 0.4) is 0 Å². The number of carboxylic acid groups (broad SMARTS) is 1. The number of benzene rings is 2. The molecule has 9 heteroatoms. The Morgan fingerprint density at radius 3 is 2.38 bits per heavy atom. The highest BCUT2D eigenvalue weighted by Crippen LogP contribution is 2.38. The first-order valence-corrected chi connectivity index (χ1v) is 12.7. The summed E-state index contributed by atoms with van der Waals surface area (Å²) in [6.45, 7) is 9.00. The number of fused-ring (bicyclic) bond motifs is 1. The number of halogens is 3. The monoisotopic (exact) mass is 531 g/mol. The Labute approximate surface area is 216 Å². The van der Waals surface area contributed by atoms with Crippen LogP contribution in [0.2, 0.25) is 0 Å². The van der Waals surface area contributed by atoms with E-state index in [4.69, 9.17) is 9.26 Å². The van der Waals surface area contributed by atoms with Gasteiger partial charge in [0.2, 0.25) is 0 Å². The Balaban J connectivity index is 1.57. The molecule has 5 nitrogen and oxygen atoms in total. The molecule has 0 saturated carbocycles. The molecule has 2 aromatic carbocycles. The van der Waals surface area contributed by atoms with Gasteiger partial charge in [0.15, 0.2) is 11.2 Å². The van der Waals surface area contributed by atoms with E-state index >= 15 is 0 Å². The molecule has 0 unspecified atom stereocenters. The van der Waals surface area contributed by atoms with Gasteiger partial charge in [-0.2, -0.15) is 13.2 Å². The van der Waals surface area contributed by atoms with E-state index < -0.39 is 23.3 Å². The minimum Gasteiger partial charge on any atom is -0.478 e. The summed E-state index contributed by atoms with van der Waals surface area (Å²) in [5.41, 5.74) is 1.93. The van der Waals surface area contributed by atoms with E-state index in [0.29, 0.717) is 24.2 Å². The smallest absolute Gasteiger partial charge is 0.416 e. The highest BCUT2D eigenvalue weighted by Gasteiger charge is 2.31. The molecule has 1 N–H and O–H groups in total. The SMILES string of the molecule is Cc1cc2c(CCc3sc(-c4ccc(C(F)(F)F)cc4)cc3C(C)C)noc2cc1OC(C)(C)C(=O)O. The molecule has 4 aromatic rings. The second-order valence-corrected chi connectivity index (χ2v) is 11.0. The van der Waals surface area contributed by atoms with Crippen LogP contribution in [0.4, 0.5) is 13.2 Å². The standard InChI is InChI=1S/C28H28F3NO4S/c1-15(2)19-13-25(17-6-8-18(9-7-17)28(29,30)31)37-24(19)11-10-21-20-12-16(3)22(14-23(20)36-32-21)35-27(4,5)26(33)34/h6-9,12-15H,10-11H2,1-5H3,(H,33,34). The number of rotatable bonds is 8. The lowest BCUT2D eigenvalue weighted by molar-refractivity contribution is -0.152. The zero-order chi connectivity index (χ0) is 27.1. The Kier molecular flexibility index (Phi) is 7.12. The Bertz CT molecular complexity index is 1430. The molecule has 0 aliphatic heterocycles. The van der Waals surface area contributed by atoms with E-state index in [9.17, 15) is 23.1 Å². The lowest BCUT2D eigenvalue weighted by atomic mass is 9.99. The van der Waals surface area contributed by atoms with Crippen LogP contribution in [0, 0.1) is 6.92 Å². The molecular weight excluding hydrogens is 503 g/mol. The summed E-state index contributed by atoms with van der Waals surface area (Å²) in [6.07, 6.45) is -3.05. The molecular formula is C28H28F3NO4S. The van der Waals surface area contributed by atoms with Gasteiger partial charge >= 0.3 is 12.1 Å². The van der Waals surface area contributed by atoms with E-state index in [-0.39, 0.29) is 5.92 Å². The lowest BCUT2D eigenvalue weighted by Crippen LogP contribution is -2.38. The molecule has 0 spiro atoms. The van der Waals surface area contributed by atoms with Crippen molar-refractivity contribution >= 4 is 28.3 Å². The minimum atomic E-state index is -4.36. The molecule has 0 fully saturated rings. The number of thiophene rings is 1. The summed E-state index contributed by atoms with van der Waals surface area (Å²) in [7, 11) is 0. The number of aliphatic carboxylic acids is 1. The Morgan fingerprint density at radius 1 is 1.11 bits per heavy atom. The number of hydrogen-bond donors (Lipinski definition) is 1. The van der Waals surface area contributed by atoms with Crippen molar-refractivity contribution < 1.29 is 32.3 Å². The molecule has 0 atom stereocenters. The molecule has 2 heterocycles. The number of carboxylic acids is 1. The molecule has 0 radical (unpaired) electrons. The predicted octanol–water partition coefficient (Wildman–Crippen LogP) is 8.03. The van der Waals surface area contributed by atoms with Gasteiger partial charge in [0.05, 0.1) is 11.3 Å². The van der Waals surface area contributed by atoms with E-state index in [2.05, 4.69) is 25.1 Å². The van der Waals surface area contributed by atoms with Crippen LogP contribution in [0.5, 0.6) is 5.75 Å². The van der Waals surface area contributed by atoms with Crippen LogP contribution >= 0.6 is 11.3 Å². The zero-order valence-corrected chi connectivity index (χ0v) is 22.0. The summed E-state index contributed by atoms with van der Waals surface area (Å²) >= 11 is 1.58. The van der Waals surface area contributed by atoms with E-state index in [1.165, 1.54) is 26.0 Å². The Hall–Kier alpha value is -3.33. The van der Waals surface area contributed by atoms with Crippen LogP contribution < -0.4 is 4.74 Å². The quantitative estimate of drug-likeness (QED) is 0.249. The van der Waals surface area contributed by atoms with Gasteiger partial charge in [-0.3, -0.25) is 0 Å². The molecule has 0 saturated heterocycles. The van der Waals surface area contributed by atoms with Crippen molar-refractivity contribution in [3.63, 3.8) is 0 Å². The van der Waals surface area contributed by atoms with E-state index in [1.54, 1.807) is 17.4 Å². The maximum absolute atomic E-state index is 13.0. The van der Waals surface area contributed by atoms with Gasteiger partial charge in [0.25, 0.3) is 0 Å². The van der Waals surface area contributed by atoms with Crippen LogP contribution in [-0.2, 0) is 23.8 Å². The van der Waals surface area contributed by atoms with Crippen molar-refractivity contribution in [3.05, 3.63) is 69.7 Å². The average Bonchev–Trinajstić information content (AvgIpc) is 3.41. The molecule has 0 aliphatic carbocycles. The normalized spacial score (nSPS) is 12.5. The number of alkyl halides is 3. The fourth-order valence-corrected chi connectivity index (χ4v) is 5.38. The summed E-state index contributed by atoms with van der Waals surface area (Å²) < 4.78 is 50.1. The van der Waals surface area contributed by atoms with E-state index in [0.717, 1.165) is 49.7 Å². The molecule has 0 aliphatic rings. The fraction of sp³-hybridized carbons (Fsp3) is 0.357. The second-order valence-electron chi connectivity index (χ2n) is 9.88. The van der Waals surface area contributed by atoms with Gasteiger partial charge < -0.3 is 14.4 Å². The third-order valence-electron chi connectivity index (χ3n) is 6.27. The number of carbonyl (C=O) groups is 1. The number of aryl methyl sites for hydroxylation is 3. The molecule has 0 amide bonds. The Morgan fingerprint density at radius 2 is 1.78 bits per heavy atom. The maximum Gasteiger partial charge on any atom is 0.416 e. The molecule has 2 aromatic heterocycles. The molecule has 4 rings (SSSR count). The zero-order valence-electron chi connectivity index (χ0n) is 21.2. The lowest BCUT2D eigenvalue weighted by Gasteiger charge is -2.22. The van der Waals surface area contributed by atoms with Crippen molar-refractivity contribution in [1.82, 2.24) is 5.16 Å². The summed E-state index contributed by atoms with van der Waals surface area (Å²) in [5.74, 6) is -0.398. The molecule has 37 heavy (non-hydrogen) atoms. The van der Waals surface area contributed by atoms with Crippen LogP contribution in [0.15, 0.2) is 47.0 Å². The highest BCUT2D eigenvalue weighted by atomic mass is 32.1. The molecule has 0 bridgehead atoms. The third-order valence-corrected chi connectivity index (χ3v) is 7.53. The average molecular weight is 532 g/mol. The van der Waals surface area contributed by atoms with Crippen LogP contribution in [0.25, 0.3) is 21.4 Å². The summed E-state index contributed by atoms with van der Waals surface area (Å²) in [4.78, 5) is 13.5. The number of hydrogen-bond acceptors (Lipinski definition) is 5. The van der Waals surface area contributed by atoms with Gasteiger partial charge in [-0.25, -0.2) is 4.79 Å². The van der Waals surface area contributed by atoms with E-state index in [1.807, 2.05) is 13.0 Å². The third kappa shape index (κ3) is 5.66. The topological polar surface area (TPSA) is 72.6 Å². The first-order valence-electron chi connectivity index (χ1n) is 11.9. The number of aromatic nitrogens is 1. The summed E-state index contributed by atoms with van der Waals surface area (Å²) in [6, 6.07) is 10.9. The second kappa shape index (κ2) is 9.85. The van der Waals surface area contributed by atoms with Gasteiger partial charge in [-0.1, -0.05) is 31.1 Å². The summed E-state index contributed by atoms with van der Waals surface area (Å²) in [5, 5.41) is 14.4. The van der Waals surface area contributed by atoms with Crippen molar-refractivity contribution in [1.29, 1.82) is 0 Å². The van der Waals surface area contributed by atoms with Gasteiger partial charge in [0, 0.05) is 21.2 Å². The van der Waals surface area contributed by atoms with Crippen molar-refractivity contribution in [2.24, 2.45) is 0 Å². The molecule has 196 valence electrons. The largest absolute Gasteiger partial charge is 0.478 e. The number of nitrogens with zero attached hydrogens (tertiary/aromatic N) is 1. The van der Waals surface area contributed by atoms with Crippen molar-refractivity contribution in [2.75, 3.05) is 0 Å². The van der Waals surface area contributed by atoms with Crippen molar-refractivity contribution in [2.45, 2.75) is 65.2 Å². The van der Waals surface area contributed by atoms with Gasteiger partial charge in [-0.15, -0.1) is 11.3 Å². The van der Waals surface area contributed by atoms with Crippen LogP contribution in [0.1, 0.15) is 60.9 Å². The van der Waals surface area contributed by atoms with Gasteiger partial charge in [-0.05, 0) is 80.5 Å². The fourth-order valence-electron chi connectivity index (χ4n) is 4.06.